The summed E-state index contributed by atoms with van der Waals surface area (Å²) in [6, 6.07) is 0. The van der Waals surface area contributed by atoms with Crippen molar-refractivity contribution in [2.24, 2.45) is 17.8 Å². The van der Waals surface area contributed by atoms with E-state index >= 15 is 0 Å². The molecule has 0 amide bonds. The van der Waals surface area contributed by atoms with Crippen molar-refractivity contribution in [1.29, 1.82) is 0 Å². The smallest absolute Gasteiger partial charge is 0.309 e. The highest BCUT2D eigenvalue weighted by atomic mass is 16.6. The predicted octanol–water partition coefficient (Wildman–Crippen LogP) is 14.6. The van der Waals surface area contributed by atoms with Crippen LogP contribution in [0, 0.1) is 17.8 Å². The molecule has 0 radical (unpaired) electrons. The van der Waals surface area contributed by atoms with Gasteiger partial charge in [0, 0.05) is 25.2 Å². The third kappa shape index (κ3) is 32.1. The lowest BCUT2D eigenvalue weighted by Crippen LogP contribution is -2.36. The Morgan fingerprint density at radius 2 is 1.03 bits per heavy atom. The average Bonchev–Trinajstić information content (AvgIpc) is 3.69. The topological polar surface area (TPSA) is 108 Å². The van der Waals surface area contributed by atoms with E-state index in [2.05, 4.69) is 93.5 Å². The first-order chi connectivity index (χ1) is 32.8. The summed E-state index contributed by atoms with van der Waals surface area (Å²) in [4.78, 5) is 54.6. The van der Waals surface area contributed by atoms with Gasteiger partial charge < -0.3 is 23.8 Å². The lowest BCUT2D eigenvalue weighted by Gasteiger charge is -2.30. The molecular weight excluding hydrogens is 839 g/mol. The van der Waals surface area contributed by atoms with Gasteiger partial charge in [-0.05, 0) is 142 Å². The fourth-order valence-corrected chi connectivity index (χ4v) is 9.00. The van der Waals surface area contributed by atoms with Gasteiger partial charge in [-0.15, -0.1) is 0 Å². The van der Waals surface area contributed by atoms with Crippen LogP contribution in [-0.4, -0.2) is 74.3 Å². The SMILES string of the molecule is CC/C=C\CC1C(CC(=O)OCC(COC(=O)CCCCCCC/C=C\C/C=C\CCCCC)OC(=O)CCCCCCC/C=C\C/C=C\CCCCC)CCC1OC(=O)C1CCN(C)CC1. The standard InChI is InChI=1S/C58H97NO8/c1-5-8-11-13-15-17-19-21-23-25-27-29-31-33-36-39-55(60)64-48-52(66-56(61)40-37-34-32-30-28-26-24-22-20-18-16-14-12-9-6-2)49-65-57(62)47-51-41-42-54(53(51)38-35-10-7-3)67-58(63)50-43-45-59(4)46-44-50/h10,15-18,21-24,35,50-54H,5-9,11-14,19-20,25-34,36-49H2,1-4H3/b17-15-,18-16-,23-21-,24-22-,35-10-. The predicted molar refractivity (Wildman–Crippen MR) is 275 cm³/mol. The molecule has 1 heterocycles. The molecule has 1 aliphatic heterocycles. The Balaban J connectivity index is 1.81. The maximum absolute atomic E-state index is 13.4. The van der Waals surface area contributed by atoms with E-state index < -0.39 is 6.10 Å². The lowest BCUT2D eigenvalue weighted by atomic mass is 9.88. The maximum atomic E-state index is 13.4. The van der Waals surface area contributed by atoms with Crippen molar-refractivity contribution in [3.63, 3.8) is 0 Å². The number of esters is 4. The van der Waals surface area contributed by atoms with Crippen LogP contribution in [0.25, 0.3) is 0 Å². The summed E-state index contributed by atoms with van der Waals surface area (Å²) in [7, 11) is 2.08. The molecule has 4 atom stereocenters. The molecule has 2 fully saturated rings. The molecule has 2 aliphatic rings. The second-order valence-corrected chi connectivity index (χ2v) is 19.3. The van der Waals surface area contributed by atoms with Gasteiger partial charge >= 0.3 is 23.9 Å². The van der Waals surface area contributed by atoms with Gasteiger partial charge in [0.2, 0.25) is 0 Å². The number of carbonyl (C=O) groups excluding carboxylic acids is 4. The summed E-state index contributed by atoms with van der Waals surface area (Å²) in [5.41, 5.74) is 0. The average molecular weight is 936 g/mol. The van der Waals surface area contributed by atoms with Crippen molar-refractivity contribution in [2.45, 2.75) is 232 Å². The Morgan fingerprint density at radius 1 is 0.537 bits per heavy atom. The van der Waals surface area contributed by atoms with Gasteiger partial charge in [0.1, 0.15) is 19.3 Å². The van der Waals surface area contributed by atoms with E-state index in [1.165, 1.54) is 51.4 Å². The summed E-state index contributed by atoms with van der Waals surface area (Å²) >= 11 is 0. The minimum Gasteiger partial charge on any atom is -0.462 e. The number of nitrogens with zero attached hydrogens (tertiary/aromatic N) is 1. The number of hydrogen-bond acceptors (Lipinski definition) is 9. The third-order valence-corrected chi connectivity index (χ3v) is 13.3. The fraction of sp³-hybridized carbons (Fsp3) is 0.759. The van der Waals surface area contributed by atoms with Gasteiger partial charge in [0.15, 0.2) is 6.10 Å². The Labute approximate surface area is 409 Å². The third-order valence-electron chi connectivity index (χ3n) is 13.3. The van der Waals surface area contributed by atoms with Crippen molar-refractivity contribution in [3.8, 4) is 0 Å². The van der Waals surface area contributed by atoms with Crippen LogP contribution >= 0.6 is 0 Å². The number of likely N-dealkylation sites (tertiary alicyclic amines) is 1. The molecule has 9 heteroatoms. The van der Waals surface area contributed by atoms with E-state index in [0.717, 1.165) is 142 Å². The maximum Gasteiger partial charge on any atom is 0.309 e. The van der Waals surface area contributed by atoms with Crippen LogP contribution in [0.3, 0.4) is 0 Å². The van der Waals surface area contributed by atoms with Crippen LogP contribution in [0.15, 0.2) is 60.8 Å². The van der Waals surface area contributed by atoms with Gasteiger partial charge in [0.05, 0.1) is 5.92 Å². The summed E-state index contributed by atoms with van der Waals surface area (Å²) in [5, 5.41) is 0. The number of rotatable bonds is 40. The van der Waals surface area contributed by atoms with E-state index in [1.54, 1.807) is 0 Å². The minimum absolute atomic E-state index is 0.00482. The highest BCUT2D eigenvalue weighted by molar-refractivity contribution is 5.73. The van der Waals surface area contributed by atoms with Crippen molar-refractivity contribution in [2.75, 3.05) is 33.4 Å². The fourth-order valence-electron chi connectivity index (χ4n) is 9.00. The Hall–Kier alpha value is -3.46. The zero-order valence-corrected chi connectivity index (χ0v) is 43.1. The summed E-state index contributed by atoms with van der Waals surface area (Å²) < 4.78 is 23.3. The highest BCUT2D eigenvalue weighted by Gasteiger charge is 2.40. The first kappa shape index (κ1) is 59.7. The quantitative estimate of drug-likeness (QED) is 0.0257. The van der Waals surface area contributed by atoms with Gasteiger partial charge in [-0.1, -0.05) is 146 Å². The molecule has 0 N–H and O–H groups in total. The van der Waals surface area contributed by atoms with E-state index in [0.29, 0.717) is 6.42 Å². The van der Waals surface area contributed by atoms with Crippen molar-refractivity contribution >= 4 is 23.9 Å². The molecule has 67 heavy (non-hydrogen) atoms. The molecule has 0 aromatic heterocycles. The first-order valence-corrected chi connectivity index (χ1v) is 27.4. The monoisotopic (exact) mass is 936 g/mol. The van der Waals surface area contributed by atoms with Crippen LogP contribution < -0.4 is 0 Å². The summed E-state index contributed by atoms with van der Waals surface area (Å²) in [6.07, 6.45) is 51.0. The molecule has 382 valence electrons. The van der Waals surface area contributed by atoms with E-state index in [1.807, 2.05) is 0 Å². The van der Waals surface area contributed by atoms with Crippen molar-refractivity contribution in [3.05, 3.63) is 60.8 Å². The van der Waals surface area contributed by atoms with Gasteiger partial charge in [-0.25, -0.2) is 0 Å². The van der Waals surface area contributed by atoms with Gasteiger partial charge in [0.25, 0.3) is 0 Å². The zero-order chi connectivity index (χ0) is 48.4. The largest absolute Gasteiger partial charge is 0.462 e. The molecule has 0 spiro atoms. The number of hydrogen-bond donors (Lipinski definition) is 0. The number of carbonyl (C=O) groups is 4. The van der Waals surface area contributed by atoms with Crippen LogP contribution in [0.4, 0.5) is 0 Å². The summed E-state index contributed by atoms with van der Waals surface area (Å²) in [6.45, 7) is 8.02. The Bertz CT molecular complexity index is 1420. The molecular formula is C58H97NO8. The molecule has 1 saturated heterocycles. The van der Waals surface area contributed by atoms with Crippen LogP contribution in [0.5, 0.6) is 0 Å². The molecule has 4 unspecified atom stereocenters. The Morgan fingerprint density at radius 3 is 1.57 bits per heavy atom. The van der Waals surface area contributed by atoms with E-state index in [4.69, 9.17) is 18.9 Å². The summed E-state index contributed by atoms with van der Waals surface area (Å²) in [5.74, 6) is -1.24. The number of piperidine rings is 1. The Kier molecular flexibility index (Phi) is 37.0. The molecule has 1 aliphatic carbocycles. The van der Waals surface area contributed by atoms with Crippen LogP contribution in [0.1, 0.15) is 220 Å². The number of allylic oxidation sites excluding steroid dienone is 10. The molecule has 2 rings (SSSR count). The normalized spacial score (nSPS) is 18.8. The van der Waals surface area contributed by atoms with Crippen LogP contribution in [-0.2, 0) is 38.1 Å². The number of ether oxygens (including phenoxy) is 4. The van der Waals surface area contributed by atoms with Gasteiger partial charge in [-0.2, -0.15) is 0 Å². The van der Waals surface area contributed by atoms with Crippen molar-refractivity contribution in [1.82, 2.24) is 4.90 Å². The lowest BCUT2D eigenvalue weighted by molar-refractivity contribution is -0.167. The zero-order valence-electron chi connectivity index (χ0n) is 43.1. The molecule has 0 aromatic rings. The second kappa shape index (κ2) is 41.5. The van der Waals surface area contributed by atoms with E-state index in [9.17, 15) is 19.2 Å². The minimum atomic E-state index is -0.877. The second-order valence-electron chi connectivity index (χ2n) is 19.3. The molecule has 0 aromatic carbocycles. The number of unbranched alkanes of at least 4 members (excludes halogenated alkanes) is 16. The molecule has 0 bridgehead atoms. The molecule has 9 nitrogen and oxygen atoms in total. The van der Waals surface area contributed by atoms with Gasteiger partial charge in [-0.3, -0.25) is 19.2 Å². The highest BCUT2D eigenvalue weighted by Crippen LogP contribution is 2.40. The molecule has 1 saturated carbocycles. The van der Waals surface area contributed by atoms with Crippen molar-refractivity contribution < 1.29 is 38.1 Å². The first-order valence-electron chi connectivity index (χ1n) is 27.4. The van der Waals surface area contributed by atoms with Crippen LogP contribution in [0.2, 0.25) is 0 Å². The van der Waals surface area contributed by atoms with E-state index in [-0.39, 0.29) is 73.8 Å².